The quantitative estimate of drug-likeness (QED) is 0.0797. The minimum absolute atomic E-state index is 0.785. The summed E-state index contributed by atoms with van der Waals surface area (Å²) >= 11 is 11.6. The minimum Gasteiger partial charge on any atom is -0.143 e. The Hall–Kier alpha value is -4.79. The van der Waals surface area contributed by atoms with Gasteiger partial charge in [0.1, 0.15) is 0 Å². The molecule has 0 aliphatic carbocycles. The van der Waals surface area contributed by atoms with E-state index >= 15 is 0 Å². The fraction of sp³-hybridized carbons (Fsp3) is 0.212. The Labute approximate surface area is 452 Å². The van der Waals surface area contributed by atoms with Crippen LogP contribution in [-0.2, 0) is 0 Å². The molecule has 0 amide bonds. The molecule has 0 aliphatic rings. The van der Waals surface area contributed by atoms with Gasteiger partial charge in [-0.1, -0.05) is 98.2 Å². The Morgan fingerprint density at radius 3 is 1.19 bits per heavy atom. The van der Waals surface area contributed by atoms with Crippen molar-refractivity contribution in [3.8, 4) is 29.9 Å². The summed E-state index contributed by atoms with van der Waals surface area (Å²) in [5, 5.41) is 20.4. The first kappa shape index (κ1) is 52.1. The smallest absolute Gasteiger partial charge is 0.0449 e. The third kappa shape index (κ3) is 12.2. The average molecular weight is 1140 g/mol. The number of hydrogen-bond donors (Lipinski definition) is 0. The van der Waals surface area contributed by atoms with Crippen LogP contribution in [0.1, 0.15) is 73.1 Å². The van der Waals surface area contributed by atoms with E-state index in [1.54, 1.807) is 24.6 Å². The normalized spacial score (nSPS) is 11.4. The minimum atomic E-state index is -2.19. The molecule has 0 spiro atoms. The van der Waals surface area contributed by atoms with Crippen molar-refractivity contribution in [2.45, 2.75) is 86.5 Å². The van der Waals surface area contributed by atoms with Gasteiger partial charge in [0, 0.05) is 19.7 Å². The maximum absolute atomic E-state index is 6.06. The number of unbranched alkanes of at least 4 members (excludes halogenated alkanes) is 3. The predicted octanol–water partition coefficient (Wildman–Crippen LogP) is 23.0. The van der Waals surface area contributed by atoms with Gasteiger partial charge in [-0.15, -0.1) is 22.7 Å². The molecule has 8 aromatic carbocycles. The van der Waals surface area contributed by atoms with Crippen LogP contribution in [0.15, 0.2) is 193 Å². The fourth-order valence-electron chi connectivity index (χ4n) is 10.0. The molecule has 0 fully saturated rings. The summed E-state index contributed by atoms with van der Waals surface area (Å²) < 4.78 is 6.60. The summed E-state index contributed by atoms with van der Waals surface area (Å²) in [5.74, 6) is 0. The number of halogens is 1. The van der Waals surface area contributed by atoms with E-state index in [1.807, 2.05) is 51.5 Å². The van der Waals surface area contributed by atoms with Gasteiger partial charge in [0.25, 0.3) is 0 Å². The van der Waals surface area contributed by atoms with E-state index in [0.29, 0.717) is 0 Å². The van der Waals surface area contributed by atoms with Gasteiger partial charge in [-0.2, -0.15) is 0 Å². The molecule has 6 heteroatoms. The first-order valence-electron chi connectivity index (χ1n) is 26.0. The van der Waals surface area contributed by atoms with Crippen molar-refractivity contribution in [3.05, 3.63) is 198 Å². The van der Waals surface area contributed by atoms with E-state index in [0.717, 1.165) is 5.02 Å². The van der Waals surface area contributed by atoms with Crippen molar-refractivity contribution < 1.29 is 0 Å². The Morgan fingerprint density at radius 1 is 0.347 bits per heavy atom. The maximum Gasteiger partial charge on any atom is 0.0449 e. The van der Waals surface area contributed by atoms with Crippen molar-refractivity contribution in [1.29, 1.82) is 0 Å². The first-order chi connectivity index (χ1) is 35.4. The molecular weight excluding hydrogens is 1080 g/mol. The predicted molar refractivity (Wildman–Crippen MR) is 333 cm³/mol. The molecule has 4 heterocycles. The third-order valence-electron chi connectivity index (χ3n) is 13.9. The number of rotatable bonds is 13. The van der Waals surface area contributed by atoms with Gasteiger partial charge in [0.15, 0.2) is 0 Å². The number of hydrogen-bond acceptors (Lipinski definition) is 4. The van der Waals surface area contributed by atoms with Crippen LogP contribution >= 0.6 is 56.9 Å². The number of thiophene rings is 4. The second-order valence-corrected chi connectivity index (χ2v) is 37.4. The van der Waals surface area contributed by atoms with Crippen LogP contribution in [0.2, 0.25) is 18.3 Å². The molecule has 0 radical (unpaired) electrons. The molecule has 364 valence electrons. The van der Waals surface area contributed by atoms with Crippen molar-refractivity contribution >= 4 is 143 Å². The van der Waals surface area contributed by atoms with Crippen LogP contribution < -0.4 is 2.89 Å². The van der Waals surface area contributed by atoms with Crippen molar-refractivity contribution in [2.75, 3.05) is 0 Å². The molecule has 0 unspecified atom stereocenters. The van der Waals surface area contributed by atoms with E-state index in [4.69, 9.17) is 11.6 Å². The second-order valence-electron chi connectivity index (χ2n) is 18.7. The van der Waals surface area contributed by atoms with Gasteiger partial charge in [-0.25, -0.2) is 0 Å². The van der Waals surface area contributed by atoms with Crippen molar-refractivity contribution in [2.24, 2.45) is 0 Å². The molecular formula is C66H65ClS4Sn. The van der Waals surface area contributed by atoms with E-state index < -0.39 is 18.4 Å². The van der Waals surface area contributed by atoms with Crippen molar-refractivity contribution in [3.63, 3.8) is 0 Å². The van der Waals surface area contributed by atoms with Crippen LogP contribution in [-0.4, -0.2) is 18.4 Å². The number of fused-ring (bicyclic) bond motifs is 6. The Balaban J connectivity index is 0.000000134. The summed E-state index contributed by atoms with van der Waals surface area (Å²) in [6, 6.07) is 66.3. The molecule has 0 saturated carbocycles. The van der Waals surface area contributed by atoms with Gasteiger partial charge in [-0.05, 0) is 161 Å². The molecule has 72 heavy (non-hydrogen) atoms. The van der Waals surface area contributed by atoms with E-state index in [2.05, 4.69) is 213 Å². The molecule has 12 rings (SSSR count). The summed E-state index contributed by atoms with van der Waals surface area (Å²) in [5.41, 5.74) is 1.29. The molecule has 4 aromatic heterocycles. The molecule has 0 aliphatic heterocycles. The van der Waals surface area contributed by atoms with E-state index in [-0.39, 0.29) is 0 Å². The zero-order valence-corrected chi connectivity index (χ0v) is 49.2. The molecule has 0 saturated heterocycles. The third-order valence-corrected chi connectivity index (χ3v) is 36.7. The van der Waals surface area contributed by atoms with Gasteiger partial charge < -0.3 is 0 Å². The van der Waals surface area contributed by atoms with E-state index in [1.165, 1.54) is 133 Å². The molecule has 0 bridgehead atoms. The summed E-state index contributed by atoms with van der Waals surface area (Å²) in [7, 11) is 0. The summed E-state index contributed by atoms with van der Waals surface area (Å²) in [6.07, 6.45) is 8.45. The topological polar surface area (TPSA) is 0 Å². The van der Waals surface area contributed by atoms with Gasteiger partial charge in [0.2, 0.25) is 0 Å². The molecule has 0 N–H and O–H groups in total. The Bertz CT molecular complexity index is 3630. The summed E-state index contributed by atoms with van der Waals surface area (Å²) in [4.78, 5) is 6.98. The van der Waals surface area contributed by atoms with Crippen LogP contribution in [0.25, 0.3) is 94.6 Å². The van der Waals surface area contributed by atoms with E-state index in [9.17, 15) is 0 Å². The van der Waals surface area contributed by atoms with Gasteiger partial charge in [0.05, 0.1) is 0 Å². The SMILES string of the molecule is CC.CCC[CH2][Sn]([CH2]CCC)([CH2]CCC)[c]1ccc(-c2cccs2)s1.Clc1ccc2cc3cc4ccccc4cc3cc2c1.c1csc(-c2ccc(-c3ccc4cc5cc6ccccc6cc5cc4c3)s2)c1. The first-order valence-corrected chi connectivity index (χ1v) is 37.3. The number of benzene rings is 8. The van der Waals surface area contributed by atoms with Crippen LogP contribution in [0.3, 0.4) is 0 Å². The standard InChI is InChI=1S/C26H16S2.C18H11Cl.C8H5S2.3C4H9.C2H6.Sn/c1-2-5-18-13-23-16-21-15-20(8-7-19(21)14-22(23)12-17(18)4-1)24-9-10-26(28-24)25-6-3-11-27-25;19-18-6-5-14-9-15-7-12-3-1-2-4-13(12)8-16(15)10-17(14)11-18;1-3-7(9-5-1)8-4-2-6-10-8;3*1-3-4-2;1-2;/h1-16H;1-11H;1-5H;3*1,3-4H2,2H3;1-2H3;. The van der Waals surface area contributed by atoms with Gasteiger partial charge >= 0.3 is 156 Å². The van der Waals surface area contributed by atoms with Gasteiger partial charge in [-0.3, -0.25) is 0 Å². The zero-order valence-electron chi connectivity index (χ0n) is 42.4. The molecule has 0 nitrogen and oxygen atoms in total. The van der Waals surface area contributed by atoms with Crippen molar-refractivity contribution in [1.82, 2.24) is 0 Å². The van der Waals surface area contributed by atoms with Crippen LogP contribution in [0, 0.1) is 0 Å². The largest absolute Gasteiger partial charge is 0.143 e. The van der Waals surface area contributed by atoms with Crippen LogP contribution in [0.4, 0.5) is 0 Å². The zero-order chi connectivity index (χ0) is 49.9. The monoisotopic (exact) mass is 1140 g/mol. The molecule has 12 aromatic rings. The molecule has 0 atom stereocenters. The Morgan fingerprint density at radius 2 is 0.736 bits per heavy atom. The second kappa shape index (κ2) is 25.0. The van der Waals surface area contributed by atoms with Crippen LogP contribution in [0.5, 0.6) is 0 Å². The maximum atomic E-state index is 6.06. The fourth-order valence-corrected chi connectivity index (χ4v) is 33.0. The average Bonchev–Trinajstić information content (AvgIpc) is 4.29. The Kier molecular flexibility index (Phi) is 18.1. The summed E-state index contributed by atoms with van der Waals surface area (Å²) in [6.45, 7) is 11.1.